The lowest BCUT2D eigenvalue weighted by atomic mass is 10.0. The number of nitrogens with zero attached hydrogens (tertiary/aromatic N) is 2. The molecule has 4 nitrogen and oxygen atoms in total. The van der Waals surface area contributed by atoms with Gasteiger partial charge in [0.2, 0.25) is 0 Å². The Morgan fingerprint density at radius 2 is 1.87 bits per heavy atom. The molecule has 0 aliphatic carbocycles. The van der Waals surface area contributed by atoms with Crippen LogP contribution in [0.4, 0.5) is 5.13 Å². The molecule has 1 amide bonds. The molecule has 0 unspecified atom stereocenters. The lowest BCUT2D eigenvalue weighted by molar-refractivity contribution is 0.102. The second kappa shape index (κ2) is 6.71. The number of hydrogen-bond donors (Lipinski definition) is 1. The molecule has 1 aromatic carbocycles. The van der Waals surface area contributed by atoms with E-state index in [0.717, 1.165) is 11.4 Å². The second-order valence-electron chi connectivity index (χ2n) is 5.48. The van der Waals surface area contributed by atoms with Crippen LogP contribution in [0.1, 0.15) is 35.7 Å². The largest absolute Gasteiger partial charge is 0.298 e. The van der Waals surface area contributed by atoms with Crippen LogP contribution in [0.15, 0.2) is 54.0 Å². The molecule has 2 aromatic heterocycles. The van der Waals surface area contributed by atoms with Crippen molar-refractivity contribution in [1.82, 2.24) is 9.97 Å². The van der Waals surface area contributed by atoms with Crippen molar-refractivity contribution in [2.45, 2.75) is 19.8 Å². The van der Waals surface area contributed by atoms with Crippen molar-refractivity contribution in [2.75, 3.05) is 5.32 Å². The SMILES string of the molecule is CC(C)c1ccc(C(=O)Nc2nc(-c3ccccn3)cs2)cc1. The standard InChI is InChI=1S/C18H17N3OS/c1-12(2)13-6-8-14(9-7-13)17(22)21-18-20-16(11-23-18)15-5-3-4-10-19-15/h3-12H,1-2H3,(H,20,21,22). The number of carbonyl (C=O) groups excluding carboxylic acids is 1. The average Bonchev–Trinajstić information content (AvgIpc) is 3.04. The normalized spacial score (nSPS) is 10.7. The molecule has 116 valence electrons. The van der Waals surface area contributed by atoms with Gasteiger partial charge < -0.3 is 0 Å². The molecule has 23 heavy (non-hydrogen) atoms. The van der Waals surface area contributed by atoms with Gasteiger partial charge in [-0.05, 0) is 35.7 Å². The van der Waals surface area contributed by atoms with Gasteiger partial charge in [-0.2, -0.15) is 0 Å². The first-order valence-corrected chi connectivity index (χ1v) is 8.29. The van der Waals surface area contributed by atoms with Crippen molar-refractivity contribution in [2.24, 2.45) is 0 Å². The number of thiazole rings is 1. The minimum atomic E-state index is -0.151. The highest BCUT2D eigenvalue weighted by Crippen LogP contribution is 2.23. The monoisotopic (exact) mass is 323 g/mol. The van der Waals surface area contributed by atoms with E-state index < -0.39 is 0 Å². The van der Waals surface area contributed by atoms with Crippen LogP contribution in [0.3, 0.4) is 0 Å². The molecule has 1 N–H and O–H groups in total. The molecule has 2 heterocycles. The number of anilines is 1. The van der Waals surface area contributed by atoms with E-state index in [4.69, 9.17) is 0 Å². The fourth-order valence-electron chi connectivity index (χ4n) is 2.15. The Morgan fingerprint density at radius 1 is 1.09 bits per heavy atom. The second-order valence-corrected chi connectivity index (χ2v) is 6.34. The van der Waals surface area contributed by atoms with Crippen molar-refractivity contribution in [3.05, 3.63) is 65.2 Å². The summed E-state index contributed by atoms with van der Waals surface area (Å²) in [6.07, 6.45) is 1.73. The predicted molar refractivity (Wildman–Crippen MR) is 93.8 cm³/mol. The summed E-state index contributed by atoms with van der Waals surface area (Å²) in [7, 11) is 0. The summed E-state index contributed by atoms with van der Waals surface area (Å²) in [5, 5.41) is 5.30. The number of rotatable bonds is 4. The zero-order valence-corrected chi connectivity index (χ0v) is 13.8. The average molecular weight is 323 g/mol. The highest BCUT2D eigenvalue weighted by molar-refractivity contribution is 7.14. The highest BCUT2D eigenvalue weighted by atomic mass is 32.1. The van der Waals surface area contributed by atoms with Gasteiger partial charge in [-0.25, -0.2) is 4.98 Å². The first-order valence-electron chi connectivity index (χ1n) is 7.42. The summed E-state index contributed by atoms with van der Waals surface area (Å²) in [5.74, 6) is 0.300. The van der Waals surface area contributed by atoms with Gasteiger partial charge in [0.1, 0.15) is 5.69 Å². The molecular formula is C18H17N3OS. The van der Waals surface area contributed by atoms with Gasteiger partial charge in [0.15, 0.2) is 5.13 Å². The van der Waals surface area contributed by atoms with Crippen molar-refractivity contribution in [1.29, 1.82) is 0 Å². The van der Waals surface area contributed by atoms with Gasteiger partial charge in [-0.1, -0.05) is 32.0 Å². The Morgan fingerprint density at radius 3 is 2.52 bits per heavy atom. The number of benzene rings is 1. The predicted octanol–water partition coefficient (Wildman–Crippen LogP) is 4.58. The zero-order chi connectivity index (χ0) is 16.2. The quantitative estimate of drug-likeness (QED) is 0.764. The lowest BCUT2D eigenvalue weighted by Crippen LogP contribution is -2.11. The number of carbonyl (C=O) groups is 1. The third kappa shape index (κ3) is 3.63. The Labute approximate surface area is 139 Å². The Kier molecular flexibility index (Phi) is 4.48. The van der Waals surface area contributed by atoms with E-state index >= 15 is 0 Å². The number of hydrogen-bond acceptors (Lipinski definition) is 4. The van der Waals surface area contributed by atoms with Gasteiger partial charge in [0, 0.05) is 17.1 Å². The first kappa shape index (κ1) is 15.4. The Balaban J connectivity index is 1.72. The number of amides is 1. The molecule has 0 aliphatic heterocycles. The van der Waals surface area contributed by atoms with Crippen molar-refractivity contribution in [3.63, 3.8) is 0 Å². The van der Waals surface area contributed by atoms with Crippen LogP contribution in [0.5, 0.6) is 0 Å². The van der Waals surface area contributed by atoms with Gasteiger partial charge in [-0.15, -0.1) is 11.3 Å². The maximum Gasteiger partial charge on any atom is 0.257 e. The van der Waals surface area contributed by atoms with Crippen LogP contribution in [0, 0.1) is 0 Å². The van der Waals surface area contributed by atoms with Crippen LogP contribution in [-0.4, -0.2) is 15.9 Å². The Bertz CT molecular complexity index is 795. The van der Waals surface area contributed by atoms with Crippen LogP contribution in [0.25, 0.3) is 11.4 Å². The van der Waals surface area contributed by atoms with E-state index in [1.54, 1.807) is 6.20 Å². The highest BCUT2D eigenvalue weighted by Gasteiger charge is 2.11. The molecule has 0 bridgehead atoms. The van der Waals surface area contributed by atoms with Gasteiger partial charge in [-0.3, -0.25) is 15.1 Å². The Hall–Kier alpha value is -2.53. The topological polar surface area (TPSA) is 54.9 Å². The van der Waals surface area contributed by atoms with Crippen LogP contribution < -0.4 is 5.32 Å². The van der Waals surface area contributed by atoms with Crippen molar-refractivity contribution in [3.8, 4) is 11.4 Å². The van der Waals surface area contributed by atoms with E-state index in [-0.39, 0.29) is 5.91 Å². The summed E-state index contributed by atoms with van der Waals surface area (Å²) in [4.78, 5) is 21.0. The summed E-state index contributed by atoms with van der Waals surface area (Å²) in [6.45, 7) is 4.26. The smallest absolute Gasteiger partial charge is 0.257 e. The van der Waals surface area contributed by atoms with Crippen molar-refractivity contribution < 1.29 is 4.79 Å². The molecule has 0 radical (unpaired) electrons. The van der Waals surface area contributed by atoms with Crippen LogP contribution >= 0.6 is 11.3 Å². The summed E-state index contributed by atoms with van der Waals surface area (Å²) in [6, 6.07) is 13.3. The molecule has 0 atom stereocenters. The molecule has 0 aliphatic rings. The third-order valence-corrected chi connectivity index (χ3v) is 4.25. The molecule has 3 aromatic rings. The molecule has 3 rings (SSSR count). The summed E-state index contributed by atoms with van der Waals surface area (Å²) >= 11 is 1.39. The summed E-state index contributed by atoms with van der Waals surface area (Å²) < 4.78 is 0. The number of pyridine rings is 1. The maximum absolute atomic E-state index is 12.3. The number of aromatic nitrogens is 2. The third-order valence-electron chi connectivity index (χ3n) is 3.49. The van der Waals surface area contributed by atoms with Crippen LogP contribution in [0.2, 0.25) is 0 Å². The van der Waals surface area contributed by atoms with E-state index in [2.05, 4.69) is 29.1 Å². The molecule has 0 fully saturated rings. The number of nitrogens with one attached hydrogen (secondary N) is 1. The van der Waals surface area contributed by atoms with Crippen molar-refractivity contribution >= 4 is 22.4 Å². The zero-order valence-electron chi connectivity index (χ0n) is 13.0. The molecule has 0 saturated carbocycles. The first-order chi connectivity index (χ1) is 11.1. The van der Waals surface area contributed by atoms with Gasteiger partial charge in [0.05, 0.1) is 5.69 Å². The van der Waals surface area contributed by atoms with E-state index in [0.29, 0.717) is 16.6 Å². The van der Waals surface area contributed by atoms with Gasteiger partial charge in [0.25, 0.3) is 5.91 Å². The van der Waals surface area contributed by atoms with E-state index in [9.17, 15) is 4.79 Å². The molecule has 5 heteroatoms. The fraction of sp³-hybridized carbons (Fsp3) is 0.167. The minimum Gasteiger partial charge on any atom is -0.298 e. The minimum absolute atomic E-state index is 0.151. The molecular weight excluding hydrogens is 306 g/mol. The lowest BCUT2D eigenvalue weighted by Gasteiger charge is -2.06. The fourth-order valence-corrected chi connectivity index (χ4v) is 2.85. The van der Waals surface area contributed by atoms with Gasteiger partial charge >= 0.3 is 0 Å². The van der Waals surface area contributed by atoms with E-state index in [1.165, 1.54) is 16.9 Å². The molecule has 0 spiro atoms. The van der Waals surface area contributed by atoms with Crippen LogP contribution in [-0.2, 0) is 0 Å². The summed E-state index contributed by atoms with van der Waals surface area (Å²) in [5.41, 5.74) is 3.41. The maximum atomic E-state index is 12.3. The molecule has 0 saturated heterocycles. The van der Waals surface area contributed by atoms with E-state index in [1.807, 2.05) is 47.8 Å².